The standard InChI is InChI=1S/C17H15N3O3/c1-22-17-12(9-18)8-13(10-19-17)20-6-7-23-16(11-20)14-4-2-3-5-15(14)21/h3,5-8,10-11,21H,2,4H2,1H3. The Morgan fingerprint density at radius 2 is 2.35 bits per heavy atom. The first-order valence-electron chi connectivity index (χ1n) is 7.09. The molecule has 1 N–H and O–H groups in total. The van der Waals surface area contributed by atoms with E-state index in [1.54, 1.807) is 35.6 Å². The van der Waals surface area contributed by atoms with E-state index in [0.717, 1.165) is 12.0 Å². The molecule has 1 aliphatic heterocycles. The summed E-state index contributed by atoms with van der Waals surface area (Å²) in [5.74, 6) is 1.07. The Morgan fingerprint density at radius 3 is 3.09 bits per heavy atom. The number of ether oxygens (including phenoxy) is 2. The largest absolute Gasteiger partial charge is 0.508 e. The highest BCUT2D eigenvalue weighted by atomic mass is 16.5. The summed E-state index contributed by atoms with van der Waals surface area (Å²) in [6.45, 7) is 0. The first-order valence-corrected chi connectivity index (χ1v) is 7.09. The summed E-state index contributed by atoms with van der Waals surface area (Å²) in [6, 6.07) is 3.74. The van der Waals surface area contributed by atoms with Gasteiger partial charge < -0.3 is 19.5 Å². The second kappa shape index (κ2) is 6.28. The van der Waals surface area contributed by atoms with E-state index < -0.39 is 0 Å². The predicted octanol–water partition coefficient (Wildman–Crippen LogP) is 3.27. The van der Waals surface area contributed by atoms with Gasteiger partial charge in [-0.25, -0.2) is 4.98 Å². The van der Waals surface area contributed by atoms with Crippen LogP contribution >= 0.6 is 0 Å². The second-order valence-corrected chi connectivity index (χ2v) is 4.97. The normalized spacial score (nSPS) is 16.7. The minimum absolute atomic E-state index is 0.211. The molecule has 0 spiro atoms. The lowest BCUT2D eigenvalue weighted by molar-refractivity contribution is 0.336. The van der Waals surface area contributed by atoms with Gasteiger partial charge in [-0.15, -0.1) is 0 Å². The van der Waals surface area contributed by atoms with Crippen LogP contribution in [-0.4, -0.2) is 17.2 Å². The Kier molecular flexibility index (Phi) is 4.02. The molecule has 6 heteroatoms. The quantitative estimate of drug-likeness (QED) is 0.923. The van der Waals surface area contributed by atoms with Crippen molar-refractivity contribution in [1.82, 2.24) is 4.98 Å². The Morgan fingerprint density at radius 1 is 1.48 bits per heavy atom. The monoisotopic (exact) mass is 309 g/mol. The molecule has 1 aromatic rings. The Balaban J connectivity index is 1.95. The summed E-state index contributed by atoms with van der Waals surface area (Å²) in [6.07, 6.45) is 11.8. The third-order valence-electron chi connectivity index (χ3n) is 3.56. The predicted molar refractivity (Wildman–Crippen MR) is 84.3 cm³/mol. The average Bonchev–Trinajstić information content (AvgIpc) is 2.61. The van der Waals surface area contributed by atoms with Gasteiger partial charge >= 0.3 is 0 Å². The molecule has 0 fully saturated rings. The van der Waals surface area contributed by atoms with Crippen molar-refractivity contribution in [2.45, 2.75) is 12.8 Å². The molecule has 1 aliphatic carbocycles. The van der Waals surface area contributed by atoms with Crippen molar-refractivity contribution in [3.05, 3.63) is 65.7 Å². The molecule has 23 heavy (non-hydrogen) atoms. The van der Waals surface area contributed by atoms with E-state index in [9.17, 15) is 5.11 Å². The van der Waals surface area contributed by atoms with Crippen LogP contribution in [0.1, 0.15) is 18.4 Å². The summed E-state index contributed by atoms with van der Waals surface area (Å²) >= 11 is 0. The summed E-state index contributed by atoms with van der Waals surface area (Å²) in [4.78, 5) is 5.92. The third-order valence-corrected chi connectivity index (χ3v) is 3.56. The smallest absolute Gasteiger partial charge is 0.231 e. The number of methoxy groups -OCH3 is 1. The minimum Gasteiger partial charge on any atom is -0.508 e. The van der Waals surface area contributed by atoms with Crippen molar-refractivity contribution >= 4 is 5.69 Å². The maximum Gasteiger partial charge on any atom is 0.231 e. The van der Waals surface area contributed by atoms with Crippen LogP contribution < -0.4 is 9.64 Å². The van der Waals surface area contributed by atoms with Gasteiger partial charge in [-0.2, -0.15) is 5.26 Å². The average molecular weight is 309 g/mol. The van der Waals surface area contributed by atoms with Gasteiger partial charge in [0.1, 0.15) is 29.4 Å². The van der Waals surface area contributed by atoms with Crippen LogP contribution in [0.15, 0.2) is 60.2 Å². The maximum absolute atomic E-state index is 9.99. The number of aliphatic hydroxyl groups excluding tert-OH is 1. The Labute approximate surface area is 133 Å². The molecule has 0 amide bonds. The Hall–Kier alpha value is -3.20. The van der Waals surface area contributed by atoms with Gasteiger partial charge in [0.25, 0.3) is 0 Å². The number of rotatable bonds is 3. The molecule has 0 unspecified atom stereocenters. The number of nitrogens with zero attached hydrogens (tertiary/aromatic N) is 3. The molecular weight excluding hydrogens is 294 g/mol. The SMILES string of the molecule is COc1ncc(N2C=COC(C3=C(O)C=CCC3)=C2)cc1C#N. The highest BCUT2D eigenvalue weighted by Gasteiger charge is 2.18. The Bertz CT molecular complexity index is 785. The van der Waals surface area contributed by atoms with Crippen LogP contribution in [0.4, 0.5) is 5.69 Å². The number of anilines is 1. The van der Waals surface area contributed by atoms with Crippen LogP contribution in [0.3, 0.4) is 0 Å². The number of aliphatic hydroxyl groups is 1. The molecule has 0 atom stereocenters. The fourth-order valence-electron chi connectivity index (χ4n) is 2.40. The minimum atomic E-state index is 0.211. The van der Waals surface area contributed by atoms with E-state index >= 15 is 0 Å². The fourth-order valence-corrected chi connectivity index (χ4v) is 2.40. The van der Waals surface area contributed by atoms with Crippen molar-refractivity contribution in [3.63, 3.8) is 0 Å². The van der Waals surface area contributed by atoms with Crippen LogP contribution in [0.2, 0.25) is 0 Å². The van der Waals surface area contributed by atoms with Crippen molar-refractivity contribution in [1.29, 1.82) is 5.26 Å². The van der Waals surface area contributed by atoms with E-state index in [1.807, 2.05) is 6.08 Å². The molecule has 0 saturated heterocycles. The first-order chi connectivity index (χ1) is 11.2. The molecule has 1 aromatic heterocycles. The molecular formula is C17H15N3O3. The number of hydrogen-bond donors (Lipinski definition) is 1. The first kappa shape index (κ1) is 14.7. The highest BCUT2D eigenvalue weighted by Crippen LogP contribution is 2.30. The lowest BCUT2D eigenvalue weighted by Gasteiger charge is -2.23. The van der Waals surface area contributed by atoms with Crippen LogP contribution in [0.5, 0.6) is 5.88 Å². The number of nitriles is 1. The third kappa shape index (κ3) is 2.90. The van der Waals surface area contributed by atoms with Gasteiger partial charge in [-0.1, -0.05) is 6.08 Å². The number of aromatic nitrogens is 1. The van der Waals surface area contributed by atoms with E-state index in [-0.39, 0.29) is 11.6 Å². The molecule has 0 saturated carbocycles. The molecule has 6 nitrogen and oxygen atoms in total. The number of hydrogen-bond acceptors (Lipinski definition) is 6. The lowest BCUT2D eigenvalue weighted by Crippen LogP contribution is -2.15. The summed E-state index contributed by atoms with van der Waals surface area (Å²) in [5, 5.41) is 19.2. The van der Waals surface area contributed by atoms with Gasteiger partial charge in [-0.3, -0.25) is 0 Å². The molecule has 0 aromatic carbocycles. The van der Waals surface area contributed by atoms with Gasteiger partial charge in [0, 0.05) is 11.8 Å². The van der Waals surface area contributed by atoms with Crippen LogP contribution in [0.25, 0.3) is 0 Å². The van der Waals surface area contributed by atoms with Crippen LogP contribution in [-0.2, 0) is 4.74 Å². The van der Waals surface area contributed by atoms with E-state index in [0.29, 0.717) is 23.4 Å². The summed E-state index contributed by atoms with van der Waals surface area (Å²) in [7, 11) is 1.47. The fraction of sp³-hybridized carbons (Fsp3) is 0.176. The zero-order valence-corrected chi connectivity index (χ0v) is 12.6. The number of allylic oxidation sites excluding steroid dienone is 3. The highest BCUT2D eigenvalue weighted by molar-refractivity contribution is 5.58. The van der Waals surface area contributed by atoms with E-state index in [4.69, 9.17) is 14.7 Å². The second-order valence-electron chi connectivity index (χ2n) is 4.97. The molecule has 0 radical (unpaired) electrons. The summed E-state index contributed by atoms with van der Waals surface area (Å²) < 4.78 is 10.6. The zero-order valence-electron chi connectivity index (χ0n) is 12.6. The van der Waals surface area contributed by atoms with Gasteiger partial charge in [0.2, 0.25) is 5.88 Å². The van der Waals surface area contributed by atoms with Gasteiger partial charge in [0.15, 0.2) is 0 Å². The molecule has 0 bridgehead atoms. The topological polar surface area (TPSA) is 78.6 Å². The molecule has 116 valence electrons. The van der Waals surface area contributed by atoms with Crippen molar-refractivity contribution < 1.29 is 14.6 Å². The van der Waals surface area contributed by atoms with E-state index in [2.05, 4.69) is 11.1 Å². The van der Waals surface area contributed by atoms with Crippen molar-refractivity contribution in [2.75, 3.05) is 12.0 Å². The molecule has 3 rings (SSSR count). The van der Waals surface area contributed by atoms with Crippen molar-refractivity contribution in [2.24, 2.45) is 0 Å². The van der Waals surface area contributed by atoms with E-state index in [1.165, 1.54) is 13.4 Å². The van der Waals surface area contributed by atoms with Crippen molar-refractivity contribution in [3.8, 4) is 11.9 Å². The number of pyridine rings is 1. The van der Waals surface area contributed by atoms with Gasteiger partial charge in [0.05, 0.1) is 25.2 Å². The lowest BCUT2D eigenvalue weighted by atomic mass is 10.0. The zero-order chi connectivity index (χ0) is 16.2. The van der Waals surface area contributed by atoms with Crippen LogP contribution in [0, 0.1) is 11.3 Å². The summed E-state index contributed by atoms with van der Waals surface area (Å²) in [5.41, 5.74) is 1.80. The van der Waals surface area contributed by atoms with Gasteiger partial charge in [-0.05, 0) is 25.0 Å². The molecule has 2 aliphatic rings. The molecule has 2 heterocycles. The maximum atomic E-state index is 9.99.